The van der Waals surface area contributed by atoms with Gasteiger partial charge in [0.25, 0.3) is 5.78 Å². The predicted molar refractivity (Wildman–Crippen MR) is 44.2 cm³/mol. The SMILES string of the molecule is CCOC(=O)C(=O)C=C(N)CC. The van der Waals surface area contributed by atoms with E-state index in [1.807, 2.05) is 0 Å². The number of carbonyl (C=O) groups excluding carboxylic acids is 2. The zero-order chi connectivity index (χ0) is 9.56. The summed E-state index contributed by atoms with van der Waals surface area (Å²) in [5.41, 5.74) is 5.72. The normalized spacial score (nSPS) is 11.0. The van der Waals surface area contributed by atoms with Gasteiger partial charge in [0.15, 0.2) is 0 Å². The molecule has 0 rings (SSSR count). The summed E-state index contributed by atoms with van der Waals surface area (Å²) in [5, 5.41) is 0. The van der Waals surface area contributed by atoms with Gasteiger partial charge in [0.05, 0.1) is 6.61 Å². The smallest absolute Gasteiger partial charge is 0.379 e. The molecule has 0 aromatic heterocycles. The third-order valence-corrected chi connectivity index (χ3v) is 1.20. The maximum atomic E-state index is 10.9. The van der Waals surface area contributed by atoms with Crippen molar-refractivity contribution in [3.63, 3.8) is 0 Å². The second-order valence-corrected chi connectivity index (χ2v) is 2.16. The van der Waals surface area contributed by atoms with Crippen LogP contribution in [-0.4, -0.2) is 18.4 Å². The molecule has 0 bridgehead atoms. The monoisotopic (exact) mass is 171 g/mol. The molecule has 0 aliphatic heterocycles. The largest absolute Gasteiger partial charge is 0.460 e. The summed E-state index contributed by atoms with van der Waals surface area (Å²) in [6.45, 7) is 3.63. The average Bonchev–Trinajstić information content (AvgIpc) is 2.04. The molecule has 0 aliphatic rings. The van der Waals surface area contributed by atoms with E-state index < -0.39 is 11.8 Å². The van der Waals surface area contributed by atoms with Crippen LogP contribution >= 0.6 is 0 Å². The Balaban J connectivity index is 4.12. The lowest BCUT2D eigenvalue weighted by Crippen LogP contribution is -2.16. The molecule has 0 aromatic carbocycles. The number of ether oxygens (including phenoxy) is 1. The Morgan fingerprint density at radius 1 is 1.42 bits per heavy atom. The third-order valence-electron chi connectivity index (χ3n) is 1.20. The minimum Gasteiger partial charge on any atom is -0.460 e. The molecule has 0 heterocycles. The van der Waals surface area contributed by atoms with Gasteiger partial charge in [-0.15, -0.1) is 0 Å². The minimum atomic E-state index is -0.853. The van der Waals surface area contributed by atoms with Gasteiger partial charge in [-0.3, -0.25) is 4.79 Å². The van der Waals surface area contributed by atoms with Crippen molar-refractivity contribution < 1.29 is 14.3 Å². The van der Waals surface area contributed by atoms with Gasteiger partial charge < -0.3 is 10.5 Å². The molecule has 68 valence electrons. The Kier molecular flexibility index (Phi) is 4.76. The predicted octanol–water partition coefficient (Wildman–Crippen LogP) is 0.371. The third kappa shape index (κ3) is 3.75. The molecule has 0 fully saturated rings. The highest BCUT2D eigenvalue weighted by Crippen LogP contribution is 1.92. The lowest BCUT2D eigenvalue weighted by atomic mass is 10.2. The Morgan fingerprint density at radius 2 is 2.00 bits per heavy atom. The van der Waals surface area contributed by atoms with Crippen LogP contribution in [0, 0.1) is 0 Å². The van der Waals surface area contributed by atoms with E-state index in [2.05, 4.69) is 4.74 Å². The lowest BCUT2D eigenvalue weighted by molar-refractivity contribution is -0.151. The lowest BCUT2D eigenvalue weighted by Gasteiger charge is -1.97. The van der Waals surface area contributed by atoms with Crippen molar-refractivity contribution >= 4 is 11.8 Å². The number of nitrogens with two attached hydrogens (primary N) is 1. The number of allylic oxidation sites excluding steroid dienone is 1. The number of ketones is 1. The van der Waals surface area contributed by atoms with Crippen molar-refractivity contribution in [1.29, 1.82) is 0 Å². The van der Waals surface area contributed by atoms with Crippen molar-refractivity contribution in [2.75, 3.05) is 6.61 Å². The summed E-state index contributed by atoms with van der Waals surface area (Å²) in [4.78, 5) is 21.6. The first-order valence-electron chi connectivity index (χ1n) is 3.78. The summed E-state index contributed by atoms with van der Waals surface area (Å²) in [5.74, 6) is -1.55. The van der Waals surface area contributed by atoms with Crippen LogP contribution in [0.15, 0.2) is 11.8 Å². The van der Waals surface area contributed by atoms with E-state index in [-0.39, 0.29) is 6.61 Å². The first-order chi connectivity index (χ1) is 5.61. The molecular formula is C8H13NO3. The van der Waals surface area contributed by atoms with Crippen LogP contribution in [-0.2, 0) is 14.3 Å². The Bertz CT molecular complexity index is 208. The maximum Gasteiger partial charge on any atom is 0.379 e. The number of rotatable bonds is 4. The van der Waals surface area contributed by atoms with Gasteiger partial charge in [0, 0.05) is 11.8 Å². The van der Waals surface area contributed by atoms with Crippen LogP contribution < -0.4 is 5.73 Å². The summed E-state index contributed by atoms with van der Waals surface area (Å²) in [6, 6.07) is 0. The van der Waals surface area contributed by atoms with Crippen molar-refractivity contribution in [3.05, 3.63) is 11.8 Å². The summed E-state index contributed by atoms with van der Waals surface area (Å²) in [6.07, 6.45) is 1.64. The molecule has 2 N–H and O–H groups in total. The van der Waals surface area contributed by atoms with Gasteiger partial charge in [-0.1, -0.05) is 6.92 Å². The number of hydrogen-bond acceptors (Lipinski definition) is 4. The molecule has 0 aromatic rings. The second-order valence-electron chi connectivity index (χ2n) is 2.16. The Labute approximate surface area is 71.4 Å². The van der Waals surface area contributed by atoms with Crippen LogP contribution in [0.25, 0.3) is 0 Å². The zero-order valence-corrected chi connectivity index (χ0v) is 7.29. The van der Waals surface area contributed by atoms with Gasteiger partial charge in [0.1, 0.15) is 0 Å². The van der Waals surface area contributed by atoms with E-state index in [0.29, 0.717) is 12.1 Å². The fourth-order valence-corrected chi connectivity index (χ4v) is 0.532. The van der Waals surface area contributed by atoms with E-state index >= 15 is 0 Å². The fourth-order valence-electron chi connectivity index (χ4n) is 0.532. The second kappa shape index (κ2) is 5.35. The molecule has 0 spiro atoms. The molecular weight excluding hydrogens is 158 g/mol. The molecule has 0 radical (unpaired) electrons. The van der Waals surface area contributed by atoms with Crippen LogP contribution in [0.2, 0.25) is 0 Å². The van der Waals surface area contributed by atoms with Gasteiger partial charge >= 0.3 is 5.97 Å². The van der Waals surface area contributed by atoms with Crippen molar-refractivity contribution in [3.8, 4) is 0 Å². The molecule has 0 atom stereocenters. The summed E-state index contributed by atoms with van der Waals surface area (Å²) < 4.78 is 4.46. The average molecular weight is 171 g/mol. The van der Waals surface area contributed by atoms with E-state index in [0.717, 1.165) is 6.08 Å². The van der Waals surface area contributed by atoms with Gasteiger partial charge in [-0.25, -0.2) is 4.79 Å². The molecule has 0 saturated heterocycles. The molecule has 0 unspecified atom stereocenters. The van der Waals surface area contributed by atoms with Crippen molar-refractivity contribution in [2.45, 2.75) is 20.3 Å². The van der Waals surface area contributed by atoms with Crippen LogP contribution in [0.4, 0.5) is 0 Å². The first kappa shape index (κ1) is 10.7. The van der Waals surface area contributed by atoms with Gasteiger partial charge in [-0.05, 0) is 13.3 Å². The quantitative estimate of drug-likeness (QED) is 0.377. The van der Waals surface area contributed by atoms with Crippen LogP contribution in [0.5, 0.6) is 0 Å². The maximum absolute atomic E-state index is 10.9. The Morgan fingerprint density at radius 3 is 2.42 bits per heavy atom. The first-order valence-corrected chi connectivity index (χ1v) is 3.78. The molecule has 0 amide bonds. The van der Waals surface area contributed by atoms with Crippen LogP contribution in [0.1, 0.15) is 20.3 Å². The number of esters is 1. The van der Waals surface area contributed by atoms with E-state index in [1.54, 1.807) is 13.8 Å². The highest BCUT2D eigenvalue weighted by molar-refractivity contribution is 6.38. The molecule has 4 heteroatoms. The highest BCUT2D eigenvalue weighted by Gasteiger charge is 2.11. The molecule has 4 nitrogen and oxygen atoms in total. The highest BCUT2D eigenvalue weighted by atomic mass is 16.5. The number of hydrogen-bond donors (Lipinski definition) is 1. The molecule has 0 saturated carbocycles. The van der Waals surface area contributed by atoms with E-state index in [1.165, 1.54) is 0 Å². The zero-order valence-electron chi connectivity index (χ0n) is 7.29. The minimum absolute atomic E-state index is 0.199. The Hall–Kier alpha value is -1.32. The van der Waals surface area contributed by atoms with Gasteiger partial charge in [-0.2, -0.15) is 0 Å². The van der Waals surface area contributed by atoms with Crippen molar-refractivity contribution in [2.24, 2.45) is 5.73 Å². The summed E-state index contributed by atoms with van der Waals surface area (Å²) in [7, 11) is 0. The molecule has 0 aliphatic carbocycles. The topological polar surface area (TPSA) is 69.4 Å². The standard InChI is InChI=1S/C8H13NO3/c1-3-6(9)5-7(10)8(11)12-4-2/h5H,3-4,9H2,1-2H3. The van der Waals surface area contributed by atoms with E-state index in [4.69, 9.17) is 5.73 Å². The summed E-state index contributed by atoms with van der Waals surface area (Å²) >= 11 is 0. The van der Waals surface area contributed by atoms with Crippen molar-refractivity contribution in [1.82, 2.24) is 0 Å². The van der Waals surface area contributed by atoms with Crippen LogP contribution in [0.3, 0.4) is 0 Å². The number of carbonyl (C=O) groups is 2. The van der Waals surface area contributed by atoms with Gasteiger partial charge in [0.2, 0.25) is 0 Å². The van der Waals surface area contributed by atoms with E-state index in [9.17, 15) is 9.59 Å². The fraction of sp³-hybridized carbons (Fsp3) is 0.500. The molecule has 12 heavy (non-hydrogen) atoms.